The summed E-state index contributed by atoms with van der Waals surface area (Å²) in [5.41, 5.74) is 1.00. The van der Waals surface area contributed by atoms with E-state index < -0.39 is 5.97 Å². The molecule has 1 aromatic heterocycles. The molecule has 0 amide bonds. The van der Waals surface area contributed by atoms with Crippen molar-refractivity contribution in [2.45, 2.75) is 6.54 Å². The van der Waals surface area contributed by atoms with Crippen LogP contribution in [-0.4, -0.2) is 39.1 Å². The summed E-state index contributed by atoms with van der Waals surface area (Å²) in [5, 5.41) is 8.52. The summed E-state index contributed by atoms with van der Waals surface area (Å²) in [6.07, 6.45) is 3.43. The maximum atomic E-state index is 10.4. The van der Waals surface area contributed by atoms with Gasteiger partial charge in [-0.3, -0.25) is 9.69 Å². The molecule has 1 heterocycles. The standard InChI is InChI=1S/C8H13N3O2/c1-10(5-8(12)13)4-7-3-9-6-11(7)2/h3,6H,4-5H2,1-2H3,(H,12,13). The summed E-state index contributed by atoms with van der Waals surface area (Å²) in [7, 11) is 3.65. The Hall–Kier alpha value is -1.36. The Labute approximate surface area is 76.6 Å². The quantitative estimate of drug-likeness (QED) is 0.710. The molecule has 0 atom stereocenters. The second kappa shape index (κ2) is 4.04. The van der Waals surface area contributed by atoms with E-state index in [2.05, 4.69) is 4.98 Å². The Morgan fingerprint density at radius 1 is 1.77 bits per heavy atom. The van der Waals surface area contributed by atoms with E-state index in [-0.39, 0.29) is 6.54 Å². The highest BCUT2D eigenvalue weighted by Crippen LogP contribution is 2.00. The first-order valence-electron chi connectivity index (χ1n) is 3.95. The number of rotatable bonds is 4. The zero-order valence-corrected chi connectivity index (χ0v) is 7.77. The van der Waals surface area contributed by atoms with E-state index in [1.165, 1.54) is 0 Å². The first-order chi connectivity index (χ1) is 6.09. The number of likely N-dealkylation sites (N-methyl/N-ethyl adjacent to an activating group) is 1. The van der Waals surface area contributed by atoms with Gasteiger partial charge in [0, 0.05) is 19.8 Å². The van der Waals surface area contributed by atoms with Crippen molar-refractivity contribution < 1.29 is 9.90 Å². The average molecular weight is 183 g/mol. The fourth-order valence-electron chi connectivity index (χ4n) is 1.10. The molecule has 0 aliphatic rings. The summed E-state index contributed by atoms with van der Waals surface area (Å²) in [4.78, 5) is 16.0. The van der Waals surface area contributed by atoms with Gasteiger partial charge in [0.25, 0.3) is 0 Å². The highest BCUT2D eigenvalue weighted by molar-refractivity contribution is 5.68. The van der Waals surface area contributed by atoms with Crippen molar-refractivity contribution >= 4 is 5.97 Å². The Bertz CT molecular complexity index is 295. The van der Waals surface area contributed by atoms with E-state index in [1.54, 1.807) is 24.5 Å². The fourth-order valence-corrected chi connectivity index (χ4v) is 1.10. The number of hydrogen-bond donors (Lipinski definition) is 1. The van der Waals surface area contributed by atoms with Crippen LogP contribution in [-0.2, 0) is 18.4 Å². The largest absolute Gasteiger partial charge is 0.480 e. The van der Waals surface area contributed by atoms with Crippen LogP contribution in [0.25, 0.3) is 0 Å². The Kier molecular flexibility index (Phi) is 3.02. The van der Waals surface area contributed by atoms with Crippen molar-refractivity contribution in [2.24, 2.45) is 7.05 Å². The highest BCUT2D eigenvalue weighted by atomic mass is 16.4. The fraction of sp³-hybridized carbons (Fsp3) is 0.500. The Morgan fingerprint density at radius 2 is 2.46 bits per heavy atom. The second-order valence-corrected chi connectivity index (χ2v) is 3.06. The third-order valence-corrected chi connectivity index (χ3v) is 1.75. The molecule has 0 spiro atoms. The number of nitrogens with zero attached hydrogens (tertiary/aromatic N) is 3. The molecule has 0 radical (unpaired) electrons. The first-order valence-corrected chi connectivity index (χ1v) is 3.95. The van der Waals surface area contributed by atoms with Gasteiger partial charge in [-0.25, -0.2) is 4.98 Å². The molecule has 1 N–H and O–H groups in total. The number of imidazole rings is 1. The number of aryl methyl sites for hydroxylation is 1. The van der Waals surface area contributed by atoms with Gasteiger partial charge in [-0.1, -0.05) is 0 Å². The SMILES string of the molecule is CN(CC(=O)O)Cc1cncn1C. The first kappa shape index (κ1) is 9.73. The summed E-state index contributed by atoms with van der Waals surface area (Å²) in [6, 6.07) is 0. The van der Waals surface area contributed by atoms with Crippen LogP contribution in [0.3, 0.4) is 0 Å². The van der Waals surface area contributed by atoms with E-state index in [1.807, 2.05) is 11.6 Å². The van der Waals surface area contributed by atoms with Crippen LogP contribution >= 0.6 is 0 Å². The Balaban J connectivity index is 2.49. The lowest BCUT2D eigenvalue weighted by Gasteiger charge is -2.13. The molecule has 0 unspecified atom stereocenters. The minimum atomic E-state index is -0.815. The van der Waals surface area contributed by atoms with Crippen LogP contribution in [0.4, 0.5) is 0 Å². The molecule has 5 nitrogen and oxygen atoms in total. The third kappa shape index (κ3) is 2.87. The molecule has 13 heavy (non-hydrogen) atoms. The van der Waals surface area contributed by atoms with Crippen molar-refractivity contribution in [1.29, 1.82) is 0 Å². The molecule has 0 saturated heterocycles. The molecule has 0 aliphatic heterocycles. The van der Waals surface area contributed by atoms with E-state index in [9.17, 15) is 4.79 Å². The summed E-state index contributed by atoms with van der Waals surface area (Å²) < 4.78 is 1.87. The lowest BCUT2D eigenvalue weighted by atomic mass is 10.4. The number of aliphatic carboxylic acids is 1. The van der Waals surface area contributed by atoms with Gasteiger partial charge in [-0.05, 0) is 7.05 Å². The topological polar surface area (TPSA) is 58.4 Å². The molecule has 0 aliphatic carbocycles. The molecule has 1 rings (SSSR count). The zero-order chi connectivity index (χ0) is 9.84. The second-order valence-electron chi connectivity index (χ2n) is 3.06. The van der Waals surface area contributed by atoms with Gasteiger partial charge in [0.2, 0.25) is 0 Å². The zero-order valence-electron chi connectivity index (χ0n) is 7.77. The van der Waals surface area contributed by atoms with Crippen molar-refractivity contribution in [2.75, 3.05) is 13.6 Å². The van der Waals surface area contributed by atoms with Crippen LogP contribution in [0.15, 0.2) is 12.5 Å². The molecular weight excluding hydrogens is 170 g/mol. The van der Waals surface area contributed by atoms with E-state index >= 15 is 0 Å². The van der Waals surface area contributed by atoms with Gasteiger partial charge < -0.3 is 9.67 Å². The van der Waals surface area contributed by atoms with Crippen molar-refractivity contribution in [3.63, 3.8) is 0 Å². The van der Waals surface area contributed by atoms with Gasteiger partial charge >= 0.3 is 5.97 Å². The lowest BCUT2D eigenvalue weighted by molar-refractivity contribution is -0.138. The highest BCUT2D eigenvalue weighted by Gasteiger charge is 2.06. The van der Waals surface area contributed by atoms with E-state index in [4.69, 9.17) is 5.11 Å². The van der Waals surface area contributed by atoms with Crippen LogP contribution in [0, 0.1) is 0 Å². The van der Waals surface area contributed by atoms with E-state index in [0.29, 0.717) is 6.54 Å². The molecule has 1 aromatic rings. The Morgan fingerprint density at radius 3 is 2.92 bits per heavy atom. The molecule has 0 aromatic carbocycles. The smallest absolute Gasteiger partial charge is 0.317 e. The lowest BCUT2D eigenvalue weighted by Crippen LogP contribution is -2.25. The van der Waals surface area contributed by atoms with Crippen molar-refractivity contribution in [3.8, 4) is 0 Å². The monoisotopic (exact) mass is 183 g/mol. The van der Waals surface area contributed by atoms with Crippen LogP contribution in [0.2, 0.25) is 0 Å². The van der Waals surface area contributed by atoms with E-state index in [0.717, 1.165) is 5.69 Å². The summed E-state index contributed by atoms with van der Waals surface area (Å²) >= 11 is 0. The predicted molar refractivity (Wildman–Crippen MR) is 47.2 cm³/mol. The maximum Gasteiger partial charge on any atom is 0.317 e. The maximum absolute atomic E-state index is 10.4. The number of hydrogen-bond acceptors (Lipinski definition) is 3. The molecule has 0 fully saturated rings. The van der Waals surface area contributed by atoms with Gasteiger partial charge in [-0.15, -0.1) is 0 Å². The van der Waals surface area contributed by atoms with Crippen molar-refractivity contribution in [1.82, 2.24) is 14.5 Å². The van der Waals surface area contributed by atoms with Crippen LogP contribution < -0.4 is 0 Å². The third-order valence-electron chi connectivity index (χ3n) is 1.75. The van der Waals surface area contributed by atoms with Gasteiger partial charge in [0.15, 0.2) is 0 Å². The van der Waals surface area contributed by atoms with Gasteiger partial charge in [-0.2, -0.15) is 0 Å². The van der Waals surface area contributed by atoms with Gasteiger partial charge in [0.1, 0.15) is 0 Å². The van der Waals surface area contributed by atoms with Crippen LogP contribution in [0.1, 0.15) is 5.69 Å². The molecule has 5 heteroatoms. The minimum absolute atomic E-state index is 0.0468. The number of carboxylic acid groups (broad SMARTS) is 1. The molecule has 0 saturated carbocycles. The normalized spacial score (nSPS) is 10.7. The molecular formula is C8H13N3O2. The molecule has 72 valence electrons. The predicted octanol–water partition coefficient (Wildman–Crippen LogP) is -0.0635. The number of carbonyl (C=O) groups is 1. The average Bonchev–Trinajstić information content (AvgIpc) is 2.34. The number of aromatic nitrogens is 2. The van der Waals surface area contributed by atoms with Crippen LogP contribution in [0.5, 0.6) is 0 Å². The minimum Gasteiger partial charge on any atom is -0.480 e. The van der Waals surface area contributed by atoms with Gasteiger partial charge in [0.05, 0.1) is 18.6 Å². The summed E-state index contributed by atoms with van der Waals surface area (Å²) in [6.45, 7) is 0.647. The number of carboxylic acids is 1. The summed E-state index contributed by atoms with van der Waals surface area (Å²) in [5.74, 6) is -0.815. The van der Waals surface area contributed by atoms with Crippen molar-refractivity contribution in [3.05, 3.63) is 18.2 Å². The molecule has 0 bridgehead atoms.